The summed E-state index contributed by atoms with van der Waals surface area (Å²) in [6.45, 7) is 6.83. The number of carbonyl (C=O) groups excluding carboxylic acids is 2. The summed E-state index contributed by atoms with van der Waals surface area (Å²) in [4.78, 5) is 26.6. The number of hydrogen-bond donors (Lipinski definition) is 2. The molecule has 2 aliphatic rings. The van der Waals surface area contributed by atoms with Crippen LogP contribution in [0.5, 0.6) is 5.75 Å². The number of rotatable bonds is 2. The van der Waals surface area contributed by atoms with E-state index < -0.39 is 11.7 Å². The Balaban J connectivity index is 1.61. The summed E-state index contributed by atoms with van der Waals surface area (Å²) in [6.07, 6.45) is 8.02. The lowest BCUT2D eigenvalue weighted by atomic mass is 9.68. The van der Waals surface area contributed by atoms with Gasteiger partial charge in [0.15, 0.2) is 0 Å². The molecule has 0 atom stereocenters. The highest BCUT2D eigenvalue weighted by atomic mass is 16.6. The monoisotopic (exact) mass is 388 g/mol. The first-order valence-corrected chi connectivity index (χ1v) is 10.3. The minimum Gasteiger partial charge on any atom is -0.507 e. The molecule has 6 nitrogen and oxygen atoms in total. The molecule has 0 aromatic heterocycles. The summed E-state index contributed by atoms with van der Waals surface area (Å²) in [5.74, 6) is -0.275. The number of aromatic hydroxyl groups is 1. The van der Waals surface area contributed by atoms with Gasteiger partial charge in [0, 0.05) is 24.8 Å². The Morgan fingerprint density at radius 2 is 1.71 bits per heavy atom. The normalized spacial score (nSPS) is 19.3. The fourth-order valence-electron chi connectivity index (χ4n) is 4.37. The molecule has 3 rings (SSSR count). The molecule has 1 heterocycles. The van der Waals surface area contributed by atoms with Crippen molar-refractivity contribution in [3.63, 3.8) is 0 Å². The smallest absolute Gasteiger partial charge is 0.412 e. The van der Waals surface area contributed by atoms with Crippen molar-refractivity contribution < 1.29 is 19.4 Å². The number of benzene rings is 1. The summed E-state index contributed by atoms with van der Waals surface area (Å²) in [5.41, 5.74) is 0.488. The van der Waals surface area contributed by atoms with E-state index in [1.807, 2.05) is 4.90 Å². The number of nitrogens with one attached hydrogen (secondary N) is 1. The largest absolute Gasteiger partial charge is 0.507 e. The van der Waals surface area contributed by atoms with Crippen LogP contribution in [0.4, 0.5) is 10.5 Å². The number of carbonyl (C=O) groups is 2. The second-order valence-electron chi connectivity index (χ2n) is 9.21. The average molecular weight is 389 g/mol. The van der Waals surface area contributed by atoms with Crippen LogP contribution in [-0.2, 0) is 4.74 Å². The summed E-state index contributed by atoms with van der Waals surface area (Å²) < 4.78 is 5.20. The molecule has 1 aromatic rings. The zero-order valence-corrected chi connectivity index (χ0v) is 17.2. The van der Waals surface area contributed by atoms with E-state index in [2.05, 4.69) is 5.32 Å². The van der Waals surface area contributed by atoms with Crippen LogP contribution < -0.4 is 5.32 Å². The quantitative estimate of drug-likeness (QED) is 0.753. The predicted molar refractivity (Wildman–Crippen MR) is 109 cm³/mol. The number of likely N-dealkylation sites (tertiary alicyclic amines) is 1. The summed E-state index contributed by atoms with van der Waals surface area (Å²) >= 11 is 0. The number of amides is 2. The van der Waals surface area contributed by atoms with Crippen LogP contribution >= 0.6 is 0 Å². The van der Waals surface area contributed by atoms with Crippen LogP contribution in [0.2, 0.25) is 0 Å². The summed E-state index contributed by atoms with van der Waals surface area (Å²) in [5, 5.41) is 12.9. The molecule has 6 heteroatoms. The van der Waals surface area contributed by atoms with Gasteiger partial charge in [-0.1, -0.05) is 19.3 Å². The van der Waals surface area contributed by atoms with E-state index in [1.165, 1.54) is 38.2 Å². The predicted octanol–water partition coefficient (Wildman–Crippen LogP) is 4.93. The van der Waals surface area contributed by atoms with E-state index in [4.69, 9.17) is 4.74 Å². The number of piperidine rings is 1. The third kappa shape index (κ3) is 4.97. The van der Waals surface area contributed by atoms with Gasteiger partial charge in [-0.2, -0.15) is 0 Å². The van der Waals surface area contributed by atoms with Crippen molar-refractivity contribution in [2.24, 2.45) is 5.41 Å². The van der Waals surface area contributed by atoms with E-state index in [0.717, 1.165) is 25.9 Å². The first-order chi connectivity index (χ1) is 13.2. The molecule has 0 unspecified atom stereocenters. The first kappa shape index (κ1) is 20.5. The fraction of sp³-hybridized carbons (Fsp3) is 0.636. The number of anilines is 1. The van der Waals surface area contributed by atoms with Gasteiger partial charge in [-0.25, -0.2) is 4.79 Å². The molecule has 2 fully saturated rings. The average Bonchev–Trinajstić information content (AvgIpc) is 2.61. The van der Waals surface area contributed by atoms with Gasteiger partial charge in [-0.3, -0.25) is 10.1 Å². The molecule has 1 aromatic carbocycles. The van der Waals surface area contributed by atoms with Crippen molar-refractivity contribution in [1.29, 1.82) is 0 Å². The molecule has 0 bridgehead atoms. The molecule has 1 aliphatic carbocycles. The van der Waals surface area contributed by atoms with Gasteiger partial charge in [0.2, 0.25) is 0 Å². The maximum absolute atomic E-state index is 12.9. The van der Waals surface area contributed by atoms with E-state index in [1.54, 1.807) is 32.9 Å². The highest BCUT2D eigenvalue weighted by Gasteiger charge is 2.37. The molecule has 2 N–H and O–H groups in total. The van der Waals surface area contributed by atoms with Crippen molar-refractivity contribution in [1.82, 2.24) is 4.90 Å². The maximum atomic E-state index is 12.9. The van der Waals surface area contributed by atoms with E-state index in [9.17, 15) is 14.7 Å². The lowest BCUT2D eigenvalue weighted by Crippen LogP contribution is -2.43. The van der Waals surface area contributed by atoms with Crippen LogP contribution in [0.25, 0.3) is 0 Å². The van der Waals surface area contributed by atoms with Crippen LogP contribution in [0.3, 0.4) is 0 Å². The number of ether oxygens (including phenoxy) is 1. The van der Waals surface area contributed by atoms with Gasteiger partial charge in [0.05, 0.1) is 5.56 Å². The van der Waals surface area contributed by atoms with Gasteiger partial charge in [0.1, 0.15) is 11.4 Å². The molecule has 2 amide bonds. The second-order valence-corrected chi connectivity index (χ2v) is 9.21. The molecule has 1 aliphatic heterocycles. The van der Waals surface area contributed by atoms with Crippen molar-refractivity contribution in [2.75, 3.05) is 18.4 Å². The van der Waals surface area contributed by atoms with Crippen molar-refractivity contribution in [3.05, 3.63) is 23.8 Å². The van der Waals surface area contributed by atoms with Crippen LogP contribution in [0.15, 0.2) is 18.2 Å². The molecule has 1 spiro atoms. The zero-order valence-electron chi connectivity index (χ0n) is 17.2. The molecule has 1 saturated carbocycles. The number of phenols is 1. The Hall–Kier alpha value is -2.24. The topological polar surface area (TPSA) is 78.9 Å². The Labute approximate surface area is 167 Å². The second kappa shape index (κ2) is 8.02. The zero-order chi connectivity index (χ0) is 20.4. The van der Waals surface area contributed by atoms with E-state index in [0.29, 0.717) is 11.1 Å². The standard InChI is InChI=1S/C22H32N2O4/c1-21(2,3)28-20(27)23-16-7-8-17(18(25)15-16)19(26)24-13-11-22(12-14-24)9-5-4-6-10-22/h7-8,15,25H,4-6,9-14H2,1-3H3,(H,23,27). The molecule has 28 heavy (non-hydrogen) atoms. The maximum Gasteiger partial charge on any atom is 0.412 e. The lowest BCUT2D eigenvalue weighted by molar-refractivity contribution is 0.0469. The van der Waals surface area contributed by atoms with Gasteiger partial charge in [0.25, 0.3) is 5.91 Å². The van der Waals surface area contributed by atoms with E-state index >= 15 is 0 Å². The van der Waals surface area contributed by atoms with Crippen LogP contribution in [0, 0.1) is 5.41 Å². The van der Waals surface area contributed by atoms with Gasteiger partial charge >= 0.3 is 6.09 Å². The van der Waals surface area contributed by atoms with Crippen molar-refractivity contribution in [2.45, 2.75) is 71.3 Å². The number of phenolic OH excluding ortho intramolecular Hbond substituents is 1. The third-order valence-electron chi connectivity index (χ3n) is 5.90. The van der Waals surface area contributed by atoms with E-state index in [-0.39, 0.29) is 17.2 Å². The SMILES string of the molecule is CC(C)(C)OC(=O)Nc1ccc(C(=O)N2CCC3(CCCCC3)CC2)c(O)c1. The van der Waals surface area contributed by atoms with Gasteiger partial charge < -0.3 is 14.7 Å². The first-order valence-electron chi connectivity index (χ1n) is 10.3. The Morgan fingerprint density at radius 3 is 2.29 bits per heavy atom. The van der Waals surface area contributed by atoms with Gasteiger partial charge in [-0.15, -0.1) is 0 Å². The molecule has 154 valence electrons. The van der Waals surface area contributed by atoms with Gasteiger partial charge in [-0.05, 0) is 64.0 Å². The minimum atomic E-state index is -0.605. The van der Waals surface area contributed by atoms with Crippen molar-refractivity contribution in [3.8, 4) is 5.75 Å². The molecular formula is C22H32N2O4. The Bertz CT molecular complexity index is 723. The summed E-state index contributed by atoms with van der Waals surface area (Å²) in [7, 11) is 0. The third-order valence-corrected chi connectivity index (χ3v) is 5.90. The molecule has 0 radical (unpaired) electrons. The Morgan fingerprint density at radius 1 is 1.07 bits per heavy atom. The van der Waals surface area contributed by atoms with Crippen molar-refractivity contribution >= 4 is 17.7 Å². The fourth-order valence-corrected chi connectivity index (χ4v) is 4.37. The number of hydrogen-bond acceptors (Lipinski definition) is 4. The lowest BCUT2D eigenvalue weighted by Gasteiger charge is -2.44. The summed E-state index contributed by atoms with van der Waals surface area (Å²) in [6, 6.07) is 4.57. The number of nitrogens with zero attached hydrogens (tertiary/aromatic N) is 1. The minimum absolute atomic E-state index is 0.128. The molecule has 1 saturated heterocycles. The Kier molecular flexibility index (Phi) is 5.87. The van der Waals surface area contributed by atoms with Crippen LogP contribution in [-0.4, -0.2) is 40.7 Å². The van der Waals surface area contributed by atoms with Crippen LogP contribution in [0.1, 0.15) is 76.1 Å². The highest BCUT2D eigenvalue weighted by Crippen LogP contribution is 2.44. The molecular weight excluding hydrogens is 356 g/mol. The highest BCUT2D eigenvalue weighted by molar-refractivity contribution is 5.98.